The molecule has 1 fully saturated rings. The number of carbonyl (C=O) groups is 1. The Morgan fingerprint density at radius 3 is 2.75 bits per heavy atom. The number of nitrogens with zero attached hydrogens (tertiary/aromatic N) is 1. The first-order chi connectivity index (χ1) is 11.7. The van der Waals surface area contributed by atoms with E-state index >= 15 is 0 Å². The van der Waals surface area contributed by atoms with E-state index in [0.29, 0.717) is 6.54 Å². The van der Waals surface area contributed by atoms with E-state index < -0.39 is 0 Å². The first-order valence-electron chi connectivity index (χ1n) is 8.33. The Labute approximate surface area is 146 Å². The number of hydrazine groups is 1. The van der Waals surface area contributed by atoms with Crippen molar-refractivity contribution in [1.82, 2.24) is 15.8 Å². The van der Waals surface area contributed by atoms with Crippen molar-refractivity contribution in [3.05, 3.63) is 70.2 Å². The van der Waals surface area contributed by atoms with Gasteiger partial charge in [0.1, 0.15) is 6.04 Å². The van der Waals surface area contributed by atoms with Crippen molar-refractivity contribution in [2.75, 3.05) is 6.54 Å². The fraction of sp³-hybridized carbons (Fsp3) is 0.316. The molecule has 0 aromatic heterocycles. The first-order valence-corrected chi connectivity index (χ1v) is 8.70. The first kappa shape index (κ1) is 15.6. The maximum absolute atomic E-state index is 12.9. The Morgan fingerprint density at radius 2 is 1.92 bits per heavy atom. The van der Waals surface area contributed by atoms with Gasteiger partial charge in [-0.1, -0.05) is 48.0 Å². The smallest absolute Gasteiger partial charge is 0.241 e. The molecule has 4 nitrogen and oxygen atoms in total. The predicted octanol–water partition coefficient (Wildman–Crippen LogP) is 2.83. The van der Waals surface area contributed by atoms with Crippen LogP contribution in [0.2, 0.25) is 5.02 Å². The summed E-state index contributed by atoms with van der Waals surface area (Å²) in [5, 5.41) is 0.719. The summed E-state index contributed by atoms with van der Waals surface area (Å²) in [6, 6.07) is 16.1. The zero-order chi connectivity index (χ0) is 16.5. The Hall–Kier alpha value is -1.88. The van der Waals surface area contributed by atoms with Gasteiger partial charge in [0.15, 0.2) is 0 Å². The number of hydrogen-bond donors (Lipinski definition) is 2. The second kappa shape index (κ2) is 6.55. The van der Waals surface area contributed by atoms with Crippen LogP contribution in [0.1, 0.15) is 29.2 Å². The number of rotatable bonds is 2. The van der Waals surface area contributed by atoms with Crippen molar-refractivity contribution in [2.45, 2.75) is 31.5 Å². The molecule has 24 heavy (non-hydrogen) atoms. The second-order valence-corrected chi connectivity index (χ2v) is 6.90. The Bertz CT molecular complexity index is 764. The second-order valence-electron chi connectivity index (χ2n) is 6.46. The van der Waals surface area contributed by atoms with Crippen molar-refractivity contribution in [1.29, 1.82) is 0 Å². The van der Waals surface area contributed by atoms with Crippen molar-refractivity contribution >= 4 is 17.5 Å². The molecule has 2 N–H and O–H groups in total. The lowest BCUT2D eigenvalue weighted by atomic mass is 9.98. The highest BCUT2D eigenvalue weighted by Gasteiger charge is 2.34. The minimum atomic E-state index is -0.195. The summed E-state index contributed by atoms with van der Waals surface area (Å²) in [4.78, 5) is 14.8. The SMILES string of the molecule is O=C(C1CC(c2cccc(Cl)c2)NN1)N1CCc2ccccc2C1. The molecule has 0 aliphatic carbocycles. The van der Waals surface area contributed by atoms with Gasteiger partial charge in [-0.25, -0.2) is 10.9 Å². The number of fused-ring (bicyclic) bond motifs is 1. The van der Waals surface area contributed by atoms with Gasteiger partial charge in [-0.2, -0.15) is 0 Å². The van der Waals surface area contributed by atoms with Gasteiger partial charge in [0.2, 0.25) is 5.91 Å². The van der Waals surface area contributed by atoms with E-state index in [9.17, 15) is 4.79 Å². The van der Waals surface area contributed by atoms with Crippen LogP contribution < -0.4 is 10.9 Å². The van der Waals surface area contributed by atoms with E-state index in [2.05, 4.69) is 29.1 Å². The Kier molecular flexibility index (Phi) is 4.27. The zero-order valence-electron chi connectivity index (χ0n) is 13.3. The maximum atomic E-state index is 12.9. The summed E-state index contributed by atoms with van der Waals surface area (Å²) < 4.78 is 0. The molecule has 1 amide bonds. The molecule has 2 aliphatic rings. The lowest BCUT2D eigenvalue weighted by Crippen LogP contribution is -2.47. The lowest BCUT2D eigenvalue weighted by Gasteiger charge is -2.30. The largest absolute Gasteiger partial charge is 0.337 e. The number of benzene rings is 2. The molecular weight excluding hydrogens is 322 g/mol. The van der Waals surface area contributed by atoms with E-state index in [1.54, 1.807) is 0 Å². The molecule has 0 saturated carbocycles. The molecule has 2 heterocycles. The Balaban J connectivity index is 1.43. The monoisotopic (exact) mass is 341 g/mol. The van der Waals surface area contributed by atoms with E-state index in [4.69, 9.17) is 11.6 Å². The van der Waals surface area contributed by atoms with Gasteiger partial charge in [0.25, 0.3) is 0 Å². The molecule has 2 aromatic rings. The van der Waals surface area contributed by atoms with E-state index in [1.165, 1.54) is 11.1 Å². The highest BCUT2D eigenvalue weighted by Crippen LogP contribution is 2.26. The fourth-order valence-electron chi connectivity index (χ4n) is 3.56. The number of halogens is 1. The van der Waals surface area contributed by atoms with E-state index in [1.807, 2.05) is 35.2 Å². The summed E-state index contributed by atoms with van der Waals surface area (Å²) in [6.45, 7) is 1.49. The van der Waals surface area contributed by atoms with Crippen LogP contribution in [0.25, 0.3) is 0 Å². The summed E-state index contributed by atoms with van der Waals surface area (Å²) in [6.07, 6.45) is 1.66. The average Bonchev–Trinajstić information content (AvgIpc) is 3.11. The van der Waals surface area contributed by atoms with Crippen LogP contribution >= 0.6 is 11.6 Å². The number of amides is 1. The van der Waals surface area contributed by atoms with Crippen molar-refractivity contribution in [3.8, 4) is 0 Å². The quantitative estimate of drug-likeness (QED) is 0.883. The number of carbonyl (C=O) groups excluding carboxylic acids is 1. The molecule has 5 heteroatoms. The molecule has 0 spiro atoms. The third-order valence-corrected chi connectivity index (χ3v) is 5.13. The van der Waals surface area contributed by atoms with Crippen LogP contribution in [0.4, 0.5) is 0 Å². The molecule has 124 valence electrons. The summed E-state index contributed by atoms with van der Waals surface area (Å²) in [5.74, 6) is 0.168. The van der Waals surface area contributed by atoms with Gasteiger partial charge < -0.3 is 4.90 Å². The minimum absolute atomic E-state index is 0.106. The van der Waals surface area contributed by atoms with Gasteiger partial charge in [-0.05, 0) is 41.7 Å². The summed E-state index contributed by atoms with van der Waals surface area (Å²) in [5.41, 5.74) is 10.1. The maximum Gasteiger partial charge on any atom is 0.241 e. The molecule has 2 unspecified atom stereocenters. The van der Waals surface area contributed by atoms with Crippen LogP contribution in [-0.2, 0) is 17.8 Å². The lowest BCUT2D eigenvalue weighted by molar-refractivity contribution is -0.134. The Morgan fingerprint density at radius 1 is 1.08 bits per heavy atom. The zero-order valence-corrected chi connectivity index (χ0v) is 14.1. The van der Waals surface area contributed by atoms with E-state index in [0.717, 1.165) is 30.0 Å². The van der Waals surface area contributed by atoms with Crippen molar-refractivity contribution in [2.24, 2.45) is 0 Å². The highest BCUT2D eigenvalue weighted by molar-refractivity contribution is 6.30. The number of nitrogens with one attached hydrogen (secondary N) is 2. The summed E-state index contributed by atoms with van der Waals surface area (Å²) >= 11 is 6.07. The molecule has 2 atom stereocenters. The van der Waals surface area contributed by atoms with Gasteiger partial charge in [-0.3, -0.25) is 4.79 Å². The normalized spacial score (nSPS) is 23.1. The number of hydrogen-bond acceptors (Lipinski definition) is 3. The standard InChI is InChI=1S/C19H20ClN3O/c20-16-7-3-6-14(10-16)17-11-18(22-21-17)19(24)23-9-8-13-4-1-2-5-15(13)12-23/h1-7,10,17-18,21-22H,8-9,11-12H2. The topological polar surface area (TPSA) is 44.4 Å². The van der Waals surface area contributed by atoms with Crippen molar-refractivity contribution in [3.63, 3.8) is 0 Å². The molecule has 0 radical (unpaired) electrons. The van der Waals surface area contributed by atoms with Crippen LogP contribution in [0.15, 0.2) is 48.5 Å². The molecule has 1 saturated heterocycles. The minimum Gasteiger partial charge on any atom is -0.337 e. The van der Waals surface area contributed by atoms with Crippen LogP contribution in [0.5, 0.6) is 0 Å². The fourth-order valence-corrected chi connectivity index (χ4v) is 3.76. The molecular formula is C19H20ClN3O. The van der Waals surface area contributed by atoms with Gasteiger partial charge in [-0.15, -0.1) is 0 Å². The summed E-state index contributed by atoms with van der Waals surface area (Å²) in [7, 11) is 0. The molecule has 4 rings (SSSR count). The molecule has 2 aromatic carbocycles. The average molecular weight is 342 g/mol. The highest BCUT2D eigenvalue weighted by atomic mass is 35.5. The third-order valence-electron chi connectivity index (χ3n) is 4.89. The predicted molar refractivity (Wildman–Crippen MR) is 94.4 cm³/mol. The third kappa shape index (κ3) is 3.05. The van der Waals surface area contributed by atoms with Gasteiger partial charge >= 0.3 is 0 Å². The van der Waals surface area contributed by atoms with Gasteiger partial charge in [0, 0.05) is 24.2 Å². The van der Waals surface area contributed by atoms with Crippen molar-refractivity contribution < 1.29 is 4.79 Å². The van der Waals surface area contributed by atoms with E-state index in [-0.39, 0.29) is 18.0 Å². The van der Waals surface area contributed by atoms with Crippen LogP contribution in [0.3, 0.4) is 0 Å². The molecule has 2 aliphatic heterocycles. The molecule has 0 bridgehead atoms. The van der Waals surface area contributed by atoms with Crippen LogP contribution in [0, 0.1) is 0 Å². The van der Waals surface area contributed by atoms with Gasteiger partial charge in [0.05, 0.1) is 0 Å². The van der Waals surface area contributed by atoms with Crippen LogP contribution in [-0.4, -0.2) is 23.4 Å².